The number of fused-ring (bicyclic) bond motifs is 2. The zero-order valence-corrected chi connectivity index (χ0v) is 21.2. The van der Waals surface area contributed by atoms with E-state index in [4.69, 9.17) is 5.11 Å². The number of hydrogen-bond acceptors (Lipinski definition) is 9. The number of aromatic nitrogens is 8. The lowest BCUT2D eigenvalue weighted by atomic mass is 10.3. The van der Waals surface area contributed by atoms with Crippen molar-refractivity contribution < 1.29 is 19.4 Å². The molecule has 0 fully saturated rings. The number of carbonyl (C=O) groups excluding carboxylic acids is 1. The topological polar surface area (TPSA) is 187 Å². The lowest BCUT2D eigenvalue weighted by Crippen LogP contribution is -2.38. The van der Waals surface area contributed by atoms with E-state index in [0.29, 0.717) is 0 Å². The van der Waals surface area contributed by atoms with E-state index in [1.165, 1.54) is 73.1 Å². The molecule has 0 amide bonds. The molecule has 16 nitrogen and oxygen atoms in total. The van der Waals surface area contributed by atoms with E-state index in [0.717, 1.165) is 9.13 Å². The largest absolute Gasteiger partial charge is 0.480 e. The number of carbonyl (C=O) groups is 2. The first-order valence-electron chi connectivity index (χ1n) is 10.8. The van der Waals surface area contributed by atoms with Gasteiger partial charge in [0.15, 0.2) is 22.3 Å². The normalized spacial score (nSPS) is 12.7. The summed E-state index contributed by atoms with van der Waals surface area (Å²) in [7, 11) is 6.99. The summed E-state index contributed by atoms with van der Waals surface area (Å²) in [5, 5.41) is 8.97. The lowest BCUT2D eigenvalue weighted by Gasteiger charge is -2.12. The van der Waals surface area contributed by atoms with E-state index >= 15 is 0 Å². The van der Waals surface area contributed by atoms with Gasteiger partial charge in [-0.25, -0.2) is 29.1 Å². The number of nitrogens with zero attached hydrogens (tertiary/aromatic N) is 8. The van der Waals surface area contributed by atoms with Crippen LogP contribution >= 0.6 is 0 Å². The van der Waals surface area contributed by atoms with Gasteiger partial charge in [-0.15, -0.1) is 0 Å². The molecule has 1 N–H and O–H groups in total. The van der Waals surface area contributed by atoms with Gasteiger partial charge in [-0.05, 0) is 13.8 Å². The number of rotatable bonds is 4. The van der Waals surface area contributed by atoms with Crippen LogP contribution in [0, 0.1) is 0 Å². The summed E-state index contributed by atoms with van der Waals surface area (Å²) < 4.78 is 11.7. The molecule has 0 bridgehead atoms. The highest BCUT2D eigenvalue weighted by atomic mass is 16.5. The minimum Gasteiger partial charge on any atom is -0.480 e. The standard InChI is InChI=1S/C11H14N4O4.C10H12N4O4/c1-6(10(17)19-4)15-5-12-8-7(15)9(16)14(3)11(18)13(8)2;1-5(9(16)17)14-4-11-7-6(14)8(15)13(3)10(18)12(7)2/h5-6H,1-4H3;4-5H,1-3H3,(H,16,17)/t6-;5-/m00/s1. The number of aliphatic carboxylic acids is 1. The Morgan fingerprint density at radius 3 is 1.49 bits per heavy atom. The Hall–Kier alpha value is -4.76. The van der Waals surface area contributed by atoms with Crippen molar-refractivity contribution in [3.63, 3.8) is 0 Å². The number of methoxy groups -OCH3 is 1. The van der Waals surface area contributed by atoms with Crippen LogP contribution in [0.25, 0.3) is 22.3 Å². The maximum Gasteiger partial charge on any atom is 0.332 e. The number of ether oxygens (including phenoxy) is 1. The highest BCUT2D eigenvalue weighted by Gasteiger charge is 2.22. The average molecular weight is 518 g/mol. The smallest absolute Gasteiger partial charge is 0.332 e. The van der Waals surface area contributed by atoms with Gasteiger partial charge in [-0.3, -0.25) is 27.9 Å². The highest BCUT2D eigenvalue weighted by molar-refractivity contribution is 5.78. The van der Waals surface area contributed by atoms with Crippen LogP contribution < -0.4 is 22.5 Å². The summed E-state index contributed by atoms with van der Waals surface area (Å²) in [5.74, 6) is -1.57. The summed E-state index contributed by atoms with van der Waals surface area (Å²) in [6.07, 6.45) is 2.61. The third-order valence-electron chi connectivity index (χ3n) is 6.08. The summed E-state index contributed by atoms with van der Waals surface area (Å²) in [5.41, 5.74) is -1.30. The summed E-state index contributed by atoms with van der Waals surface area (Å²) in [6, 6.07) is -1.62. The van der Waals surface area contributed by atoms with Crippen molar-refractivity contribution in [3.8, 4) is 0 Å². The zero-order chi connectivity index (χ0) is 27.9. The number of carboxylic acid groups (broad SMARTS) is 1. The second-order valence-electron chi connectivity index (χ2n) is 8.27. The van der Waals surface area contributed by atoms with Crippen LogP contribution in [0.2, 0.25) is 0 Å². The van der Waals surface area contributed by atoms with Crippen LogP contribution in [0.4, 0.5) is 0 Å². The van der Waals surface area contributed by atoms with Gasteiger partial charge < -0.3 is 19.0 Å². The molecule has 0 saturated heterocycles. The zero-order valence-electron chi connectivity index (χ0n) is 21.2. The molecule has 0 spiro atoms. The molecule has 0 aliphatic rings. The van der Waals surface area contributed by atoms with Crippen LogP contribution in [-0.2, 0) is 42.5 Å². The number of imidazole rings is 2. The van der Waals surface area contributed by atoms with E-state index in [9.17, 15) is 28.8 Å². The molecule has 198 valence electrons. The molecule has 4 heterocycles. The number of hydrogen-bond donors (Lipinski definition) is 1. The third kappa shape index (κ3) is 4.25. The molecule has 16 heteroatoms. The predicted molar refractivity (Wildman–Crippen MR) is 130 cm³/mol. The summed E-state index contributed by atoms with van der Waals surface area (Å²) in [6.45, 7) is 3.03. The second-order valence-corrected chi connectivity index (χ2v) is 8.27. The van der Waals surface area contributed by atoms with E-state index in [1.54, 1.807) is 6.92 Å². The van der Waals surface area contributed by atoms with Gasteiger partial charge in [-0.2, -0.15) is 0 Å². The maximum atomic E-state index is 12.1. The van der Waals surface area contributed by atoms with Crippen LogP contribution in [0.5, 0.6) is 0 Å². The fourth-order valence-electron chi connectivity index (χ4n) is 3.72. The van der Waals surface area contributed by atoms with E-state index < -0.39 is 46.5 Å². The maximum absolute atomic E-state index is 12.1. The van der Waals surface area contributed by atoms with Gasteiger partial charge in [0.2, 0.25) is 0 Å². The Bertz CT molecular complexity index is 1780. The Morgan fingerprint density at radius 2 is 1.14 bits per heavy atom. The quantitative estimate of drug-likeness (QED) is 0.303. The van der Waals surface area contributed by atoms with Crippen molar-refractivity contribution >= 4 is 34.3 Å². The fraction of sp³-hybridized carbons (Fsp3) is 0.429. The van der Waals surface area contributed by atoms with Crippen molar-refractivity contribution in [1.29, 1.82) is 0 Å². The molecule has 0 unspecified atom stereocenters. The first-order chi connectivity index (χ1) is 17.3. The molecule has 4 rings (SSSR count). The van der Waals surface area contributed by atoms with E-state index in [-0.39, 0.29) is 22.3 Å². The second kappa shape index (κ2) is 9.71. The number of esters is 1. The van der Waals surface area contributed by atoms with Gasteiger partial charge in [0.05, 0.1) is 19.8 Å². The van der Waals surface area contributed by atoms with Gasteiger partial charge in [-0.1, -0.05) is 0 Å². The third-order valence-corrected chi connectivity index (χ3v) is 6.08. The SMILES string of the molecule is COC(=O)[C@H](C)n1cnc2c1c(=O)n(C)c(=O)n2C.C[C@@H](C(=O)O)n1cnc2c1c(=O)n(C)c(=O)n2C. The van der Waals surface area contributed by atoms with E-state index in [1.807, 2.05) is 0 Å². The van der Waals surface area contributed by atoms with Crippen LogP contribution in [0.1, 0.15) is 25.9 Å². The van der Waals surface area contributed by atoms with Gasteiger partial charge in [0, 0.05) is 28.2 Å². The molecule has 0 aromatic carbocycles. The molecule has 0 aliphatic carbocycles. The van der Waals surface area contributed by atoms with Crippen LogP contribution in [0.15, 0.2) is 31.8 Å². The van der Waals surface area contributed by atoms with E-state index in [2.05, 4.69) is 14.7 Å². The minimum absolute atomic E-state index is 0.106. The van der Waals surface area contributed by atoms with Crippen LogP contribution in [-0.4, -0.2) is 61.5 Å². The Morgan fingerprint density at radius 1 is 0.757 bits per heavy atom. The van der Waals surface area contributed by atoms with Gasteiger partial charge in [0.1, 0.15) is 12.1 Å². The Balaban J connectivity index is 0.000000206. The van der Waals surface area contributed by atoms with Crippen molar-refractivity contribution in [1.82, 2.24) is 37.4 Å². The molecule has 0 aliphatic heterocycles. The van der Waals surface area contributed by atoms with Gasteiger partial charge in [0.25, 0.3) is 11.1 Å². The Kier molecular flexibility index (Phi) is 7.04. The predicted octanol–water partition coefficient (Wildman–Crippen LogP) is -1.75. The minimum atomic E-state index is -1.08. The molecule has 2 atom stereocenters. The molecule has 4 aromatic rings. The molecular weight excluding hydrogens is 492 g/mol. The number of carboxylic acids is 1. The van der Waals surface area contributed by atoms with Crippen molar-refractivity contribution in [2.45, 2.75) is 25.9 Å². The van der Waals surface area contributed by atoms with Crippen molar-refractivity contribution in [2.75, 3.05) is 7.11 Å². The fourth-order valence-corrected chi connectivity index (χ4v) is 3.72. The average Bonchev–Trinajstić information content (AvgIpc) is 3.52. The molecule has 0 saturated carbocycles. The molecule has 4 aromatic heterocycles. The molecule has 0 radical (unpaired) electrons. The summed E-state index contributed by atoms with van der Waals surface area (Å²) >= 11 is 0. The molecular formula is C21H26N8O8. The molecule has 37 heavy (non-hydrogen) atoms. The first kappa shape index (κ1) is 26.8. The number of aryl methyl sites for hydroxylation is 2. The van der Waals surface area contributed by atoms with Crippen molar-refractivity contribution in [2.24, 2.45) is 28.2 Å². The highest BCUT2D eigenvalue weighted by Crippen LogP contribution is 2.14. The Labute approximate surface area is 207 Å². The van der Waals surface area contributed by atoms with Crippen molar-refractivity contribution in [3.05, 3.63) is 54.3 Å². The van der Waals surface area contributed by atoms with Crippen LogP contribution in [0.3, 0.4) is 0 Å². The monoisotopic (exact) mass is 518 g/mol. The first-order valence-corrected chi connectivity index (χ1v) is 10.8. The lowest BCUT2D eigenvalue weighted by molar-refractivity contribution is -0.144. The van der Waals surface area contributed by atoms with Gasteiger partial charge >= 0.3 is 23.3 Å². The summed E-state index contributed by atoms with van der Waals surface area (Å²) in [4.78, 5) is 78.1.